The maximum absolute atomic E-state index is 12.7. The van der Waals surface area contributed by atoms with Crippen molar-refractivity contribution in [2.45, 2.75) is 20.1 Å². The lowest BCUT2D eigenvalue weighted by Crippen LogP contribution is -2.50. The molecule has 2 heterocycles. The highest BCUT2D eigenvalue weighted by Gasteiger charge is 2.21. The van der Waals surface area contributed by atoms with Crippen molar-refractivity contribution in [3.05, 3.63) is 83.8 Å². The number of ether oxygens (including phenoxy) is 1. The molecule has 0 bridgehead atoms. The molecule has 0 spiro atoms. The van der Waals surface area contributed by atoms with E-state index in [4.69, 9.17) is 9.15 Å². The molecule has 4 rings (SSSR count). The zero-order valence-electron chi connectivity index (χ0n) is 17.2. The van der Waals surface area contributed by atoms with Crippen LogP contribution < -0.4 is 10.2 Å². The SMILES string of the molecule is Cc1cccc(N2CCN(C(=O)Nc3cccc(COCc4ccco4)c3)CC2)c1. The number of furan rings is 1. The normalized spacial score (nSPS) is 14.0. The first-order chi connectivity index (χ1) is 14.7. The van der Waals surface area contributed by atoms with Gasteiger partial charge in [0.2, 0.25) is 0 Å². The van der Waals surface area contributed by atoms with Crippen LogP contribution in [0.15, 0.2) is 71.3 Å². The molecule has 2 aromatic carbocycles. The van der Waals surface area contributed by atoms with Crippen LogP contribution in [0.3, 0.4) is 0 Å². The van der Waals surface area contributed by atoms with E-state index in [1.807, 2.05) is 41.3 Å². The van der Waals surface area contributed by atoms with Crippen LogP contribution >= 0.6 is 0 Å². The lowest BCUT2D eigenvalue weighted by atomic mass is 10.2. The number of hydrogen-bond acceptors (Lipinski definition) is 4. The Morgan fingerprint density at radius 3 is 2.60 bits per heavy atom. The van der Waals surface area contributed by atoms with Gasteiger partial charge in [-0.05, 0) is 54.4 Å². The maximum Gasteiger partial charge on any atom is 0.321 e. The summed E-state index contributed by atoms with van der Waals surface area (Å²) >= 11 is 0. The summed E-state index contributed by atoms with van der Waals surface area (Å²) in [6, 6.07) is 19.9. The van der Waals surface area contributed by atoms with E-state index >= 15 is 0 Å². The van der Waals surface area contributed by atoms with Crippen molar-refractivity contribution in [1.29, 1.82) is 0 Å². The number of anilines is 2. The summed E-state index contributed by atoms with van der Waals surface area (Å²) in [6.07, 6.45) is 1.63. The summed E-state index contributed by atoms with van der Waals surface area (Å²) in [6.45, 7) is 6.05. The van der Waals surface area contributed by atoms with E-state index in [2.05, 4.69) is 41.4 Å². The number of nitrogens with zero attached hydrogens (tertiary/aromatic N) is 2. The highest BCUT2D eigenvalue weighted by Crippen LogP contribution is 2.19. The first-order valence-electron chi connectivity index (χ1n) is 10.2. The highest BCUT2D eigenvalue weighted by atomic mass is 16.5. The van der Waals surface area contributed by atoms with Gasteiger partial charge in [0.15, 0.2) is 0 Å². The topological polar surface area (TPSA) is 58.0 Å². The first-order valence-corrected chi connectivity index (χ1v) is 10.2. The summed E-state index contributed by atoms with van der Waals surface area (Å²) in [5, 5.41) is 3.01. The monoisotopic (exact) mass is 405 g/mol. The van der Waals surface area contributed by atoms with Gasteiger partial charge in [-0.1, -0.05) is 24.3 Å². The Balaban J connectivity index is 1.27. The molecule has 1 saturated heterocycles. The van der Waals surface area contributed by atoms with Gasteiger partial charge in [0, 0.05) is 37.6 Å². The van der Waals surface area contributed by atoms with Crippen LogP contribution in [-0.2, 0) is 18.0 Å². The number of carbonyl (C=O) groups excluding carboxylic acids is 1. The Hall–Kier alpha value is -3.25. The molecule has 3 aromatic rings. The fourth-order valence-electron chi connectivity index (χ4n) is 3.60. The number of amides is 2. The highest BCUT2D eigenvalue weighted by molar-refractivity contribution is 5.89. The predicted octanol–water partition coefficient (Wildman–Crippen LogP) is 4.66. The standard InChI is InChI=1S/C24H27N3O3/c1-19-5-2-8-22(15-19)26-10-12-27(13-11-26)24(28)25-21-7-3-6-20(16-21)17-29-18-23-9-4-14-30-23/h2-9,14-16H,10-13,17-18H2,1H3,(H,25,28). The molecule has 6 nitrogen and oxygen atoms in total. The largest absolute Gasteiger partial charge is 0.467 e. The number of nitrogens with one attached hydrogen (secondary N) is 1. The summed E-state index contributed by atoms with van der Waals surface area (Å²) in [7, 11) is 0. The summed E-state index contributed by atoms with van der Waals surface area (Å²) in [5.74, 6) is 0.796. The van der Waals surface area contributed by atoms with Gasteiger partial charge in [-0.2, -0.15) is 0 Å². The molecule has 0 saturated carbocycles. The van der Waals surface area contributed by atoms with Gasteiger partial charge in [0.1, 0.15) is 12.4 Å². The minimum atomic E-state index is -0.0625. The molecule has 0 atom stereocenters. The first kappa shape index (κ1) is 20.0. The van der Waals surface area contributed by atoms with Crippen molar-refractivity contribution >= 4 is 17.4 Å². The average molecular weight is 405 g/mol. The van der Waals surface area contributed by atoms with E-state index in [1.165, 1.54) is 11.3 Å². The Labute approximate surface area is 177 Å². The third-order valence-electron chi connectivity index (χ3n) is 5.21. The molecule has 2 amide bonds. The molecule has 30 heavy (non-hydrogen) atoms. The van der Waals surface area contributed by atoms with Crippen molar-refractivity contribution in [2.75, 3.05) is 36.4 Å². The van der Waals surface area contributed by atoms with Crippen LogP contribution in [0.4, 0.5) is 16.2 Å². The molecule has 1 fully saturated rings. The zero-order valence-corrected chi connectivity index (χ0v) is 17.2. The van der Waals surface area contributed by atoms with Gasteiger partial charge >= 0.3 is 6.03 Å². The number of piperazine rings is 1. The minimum Gasteiger partial charge on any atom is -0.467 e. The second kappa shape index (κ2) is 9.50. The Bertz CT molecular complexity index is 963. The smallest absolute Gasteiger partial charge is 0.321 e. The zero-order chi connectivity index (χ0) is 20.8. The lowest BCUT2D eigenvalue weighted by molar-refractivity contribution is 0.0930. The van der Waals surface area contributed by atoms with Crippen LogP contribution in [-0.4, -0.2) is 37.1 Å². The molecule has 0 aliphatic carbocycles. The van der Waals surface area contributed by atoms with Crippen molar-refractivity contribution in [3.63, 3.8) is 0 Å². The van der Waals surface area contributed by atoms with Crippen LogP contribution in [0.25, 0.3) is 0 Å². The molecule has 1 aliphatic heterocycles. The van der Waals surface area contributed by atoms with E-state index < -0.39 is 0 Å². The van der Waals surface area contributed by atoms with Crippen molar-refractivity contribution in [3.8, 4) is 0 Å². The van der Waals surface area contributed by atoms with Crippen LogP contribution in [0.5, 0.6) is 0 Å². The van der Waals surface area contributed by atoms with Gasteiger partial charge < -0.3 is 24.3 Å². The summed E-state index contributed by atoms with van der Waals surface area (Å²) in [4.78, 5) is 16.9. The maximum atomic E-state index is 12.7. The Morgan fingerprint density at radius 1 is 1.00 bits per heavy atom. The molecule has 156 valence electrons. The summed E-state index contributed by atoms with van der Waals surface area (Å²) < 4.78 is 10.9. The van der Waals surface area contributed by atoms with Crippen molar-refractivity contribution < 1.29 is 13.9 Å². The van der Waals surface area contributed by atoms with Crippen molar-refractivity contribution in [2.24, 2.45) is 0 Å². The van der Waals surface area contributed by atoms with E-state index in [0.29, 0.717) is 26.3 Å². The predicted molar refractivity (Wildman–Crippen MR) is 118 cm³/mol. The van der Waals surface area contributed by atoms with Gasteiger partial charge in [0.05, 0.1) is 12.9 Å². The number of aryl methyl sites for hydroxylation is 1. The van der Waals surface area contributed by atoms with Gasteiger partial charge in [-0.15, -0.1) is 0 Å². The molecule has 6 heteroatoms. The Kier molecular flexibility index (Phi) is 6.35. The number of urea groups is 1. The molecule has 1 aromatic heterocycles. The average Bonchev–Trinajstić information content (AvgIpc) is 3.28. The molecule has 1 aliphatic rings. The molecule has 0 radical (unpaired) electrons. The fourth-order valence-corrected chi connectivity index (χ4v) is 3.60. The lowest BCUT2D eigenvalue weighted by Gasteiger charge is -2.36. The molecular weight excluding hydrogens is 378 g/mol. The van der Waals surface area contributed by atoms with E-state index in [9.17, 15) is 4.79 Å². The number of carbonyl (C=O) groups is 1. The minimum absolute atomic E-state index is 0.0625. The fraction of sp³-hybridized carbons (Fsp3) is 0.292. The van der Waals surface area contributed by atoms with E-state index in [1.54, 1.807) is 6.26 Å². The van der Waals surface area contributed by atoms with Gasteiger partial charge in [0.25, 0.3) is 0 Å². The number of rotatable bonds is 6. The molecule has 0 unspecified atom stereocenters. The van der Waals surface area contributed by atoms with Crippen molar-refractivity contribution in [1.82, 2.24) is 4.90 Å². The molecular formula is C24H27N3O3. The second-order valence-corrected chi connectivity index (χ2v) is 7.52. The van der Waals surface area contributed by atoms with E-state index in [-0.39, 0.29) is 6.03 Å². The van der Waals surface area contributed by atoms with Crippen LogP contribution in [0.1, 0.15) is 16.9 Å². The molecule has 1 N–H and O–H groups in total. The Morgan fingerprint density at radius 2 is 1.83 bits per heavy atom. The van der Waals surface area contributed by atoms with E-state index in [0.717, 1.165) is 30.1 Å². The van der Waals surface area contributed by atoms with Crippen LogP contribution in [0, 0.1) is 6.92 Å². The third kappa shape index (κ3) is 5.21. The number of hydrogen-bond donors (Lipinski definition) is 1. The van der Waals surface area contributed by atoms with Gasteiger partial charge in [-0.3, -0.25) is 0 Å². The summed E-state index contributed by atoms with van der Waals surface area (Å²) in [5.41, 5.74) is 4.25. The van der Waals surface area contributed by atoms with Crippen LogP contribution in [0.2, 0.25) is 0 Å². The number of benzene rings is 2. The quantitative estimate of drug-likeness (QED) is 0.648. The van der Waals surface area contributed by atoms with Gasteiger partial charge in [-0.25, -0.2) is 4.79 Å². The second-order valence-electron chi connectivity index (χ2n) is 7.52. The third-order valence-corrected chi connectivity index (χ3v) is 5.21.